The van der Waals surface area contributed by atoms with Crippen molar-refractivity contribution in [1.82, 2.24) is 0 Å². The fourth-order valence-electron chi connectivity index (χ4n) is 2.01. The van der Waals surface area contributed by atoms with Crippen LogP contribution in [0.2, 0.25) is 0 Å². The molecule has 0 aliphatic heterocycles. The second kappa shape index (κ2) is 10.4. The van der Waals surface area contributed by atoms with Gasteiger partial charge in [-0.2, -0.15) is 13.2 Å². The quantitative estimate of drug-likeness (QED) is 0.324. The zero-order chi connectivity index (χ0) is 19.2. The Kier molecular flexibility index (Phi) is 8.83. The number of hydrogen-bond acceptors (Lipinski definition) is 3. The summed E-state index contributed by atoms with van der Waals surface area (Å²) in [6, 6.07) is 11.8. The molecule has 0 radical (unpaired) electrons. The molecular weight excluding hydrogens is 474 g/mol. The molecule has 0 heterocycles. The van der Waals surface area contributed by atoms with Gasteiger partial charge in [0, 0.05) is 5.69 Å². The highest BCUT2D eigenvalue weighted by atomic mass is 127. The van der Waals surface area contributed by atoms with Crippen LogP contribution in [0.3, 0.4) is 0 Å². The molecule has 0 aliphatic rings. The van der Waals surface area contributed by atoms with E-state index in [2.05, 4.69) is 10.3 Å². The number of benzene rings is 2. The van der Waals surface area contributed by atoms with Crippen LogP contribution in [0, 0.1) is 6.92 Å². The van der Waals surface area contributed by atoms with Crippen molar-refractivity contribution < 1.29 is 23.0 Å². The lowest BCUT2D eigenvalue weighted by atomic mass is 10.2. The number of rotatable bonds is 6. The van der Waals surface area contributed by atoms with Crippen molar-refractivity contribution in [2.24, 2.45) is 10.7 Å². The number of nitrogens with one attached hydrogen (secondary N) is 1. The Morgan fingerprint density at radius 1 is 1.15 bits per heavy atom. The van der Waals surface area contributed by atoms with Crippen LogP contribution in [0.4, 0.5) is 18.9 Å². The average Bonchev–Trinajstić information content (AvgIpc) is 2.60. The first kappa shape index (κ1) is 23.0. The van der Waals surface area contributed by atoms with Gasteiger partial charge in [0.25, 0.3) is 0 Å². The Bertz CT molecular complexity index is 735. The van der Waals surface area contributed by atoms with Crippen molar-refractivity contribution in [3.05, 3.63) is 59.7 Å². The van der Waals surface area contributed by atoms with E-state index in [0.29, 0.717) is 0 Å². The molecule has 9 heteroatoms. The number of nitrogens with zero attached hydrogens (tertiary/aromatic N) is 1. The maximum atomic E-state index is 12.5. The predicted octanol–water partition coefficient (Wildman–Crippen LogP) is 3.80. The summed E-state index contributed by atoms with van der Waals surface area (Å²) in [4.78, 5) is 4.01. The van der Waals surface area contributed by atoms with Crippen molar-refractivity contribution in [1.29, 1.82) is 0 Å². The third-order valence-electron chi connectivity index (χ3n) is 3.42. The summed E-state index contributed by atoms with van der Waals surface area (Å²) in [7, 11) is 0. The number of alkyl halides is 3. The van der Waals surface area contributed by atoms with E-state index in [1.165, 1.54) is 12.1 Å². The van der Waals surface area contributed by atoms with Gasteiger partial charge in [0.15, 0.2) is 5.96 Å². The molecule has 2 aromatic rings. The van der Waals surface area contributed by atoms with E-state index < -0.39 is 17.8 Å². The molecule has 0 saturated carbocycles. The molecule has 5 nitrogen and oxygen atoms in total. The van der Waals surface area contributed by atoms with E-state index in [1.54, 1.807) is 0 Å². The van der Waals surface area contributed by atoms with Gasteiger partial charge in [0.05, 0.1) is 12.1 Å². The largest absolute Gasteiger partial charge is 0.491 e. The number of aliphatic imine (C=N–C) groups is 1. The van der Waals surface area contributed by atoms with Gasteiger partial charge in [-0.25, -0.2) is 0 Å². The number of hydrogen-bond donors (Lipinski definition) is 3. The number of aliphatic hydroxyl groups is 1. The minimum Gasteiger partial charge on any atom is -0.491 e. The molecule has 1 atom stereocenters. The van der Waals surface area contributed by atoms with E-state index in [-0.39, 0.29) is 48.8 Å². The average molecular weight is 495 g/mol. The van der Waals surface area contributed by atoms with Gasteiger partial charge in [0.1, 0.15) is 18.5 Å². The summed E-state index contributed by atoms with van der Waals surface area (Å²) in [5.41, 5.74) is 6.86. The minimum atomic E-state index is -4.39. The smallest absolute Gasteiger partial charge is 0.416 e. The molecule has 1 unspecified atom stereocenters. The number of guanidine groups is 1. The predicted molar refractivity (Wildman–Crippen MR) is 110 cm³/mol. The van der Waals surface area contributed by atoms with Gasteiger partial charge in [-0.05, 0) is 43.3 Å². The number of ether oxygens (including phenoxy) is 1. The normalized spacial score (nSPS) is 12.9. The maximum Gasteiger partial charge on any atom is 0.416 e. The summed E-state index contributed by atoms with van der Waals surface area (Å²) in [6.07, 6.45) is -5.34. The number of aliphatic hydroxyl groups excluding tert-OH is 1. The van der Waals surface area contributed by atoms with Crippen molar-refractivity contribution in [2.75, 3.05) is 18.5 Å². The van der Waals surface area contributed by atoms with Gasteiger partial charge < -0.3 is 20.9 Å². The third-order valence-corrected chi connectivity index (χ3v) is 3.42. The first-order valence-electron chi connectivity index (χ1n) is 7.86. The molecule has 0 aliphatic carbocycles. The molecule has 148 valence electrons. The van der Waals surface area contributed by atoms with Crippen LogP contribution in [0.1, 0.15) is 11.1 Å². The lowest BCUT2D eigenvalue weighted by molar-refractivity contribution is -0.137. The van der Waals surface area contributed by atoms with Gasteiger partial charge in [-0.15, -0.1) is 24.0 Å². The second-order valence-electron chi connectivity index (χ2n) is 5.70. The highest BCUT2D eigenvalue weighted by molar-refractivity contribution is 14.0. The first-order chi connectivity index (χ1) is 12.2. The van der Waals surface area contributed by atoms with Crippen LogP contribution in [0.5, 0.6) is 5.75 Å². The van der Waals surface area contributed by atoms with Gasteiger partial charge in [-0.3, -0.25) is 4.99 Å². The van der Waals surface area contributed by atoms with Crippen LogP contribution < -0.4 is 15.8 Å². The monoisotopic (exact) mass is 495 g/mol. The van der Waals surface area contributed by atoms with Crippen LogP contribution in [-0.4, -0.2) is 30.3 Å². The first-order valence-corrected chi connectivity index (χ1v) is 7.86. The third kappa shape index (κ3) is 8.04. The number of aryl methyl sites for hydroxylation is 1. The molecule has 2 rings (SSSR count). The molecular formula is C18H21F3IN3O2. The van der Waals surface area contributed by atoms with E-state index in [4.69, 9.17) is 10.5 Å². The Balaban J connectivity index is 0.00000364. The number of nitrogens with two attached hydrogens (primary N) is 1. The molecule has 0 saturated heterocycles. The van der Waals surface area contributed by atoms with Crippen LogP contribution >= 0.6 is 24.0 Å². The molecule has 4 N–H and O–H groups in total. The fourth-order valence-corrected chi connectivity index (χ4v) is 2.01. The van der Waals surface area contributed by atoms with Crippen molar-refractivity contribution in [2.45, 2.75) is 19.2 Å². The highest BCUT2D eigenvalue weighted by Crippen LogP contribution is 2.30. The molecule has 0 fully saturated rings. The number of halogens is 4. The van der Waals surface area contributed by atoms with Gasteiger partial charge in [-0.1, -0.05) is 17.7 Å². The summed E-state index contributed by atoms with van der Waals surface area (Å²) >= 11 is 0. The number of anilines is 1. The Morgan fingerprint density at radius 3 is 2.30 bits per heavy atom. The van der Waals surface area contributed by atoms with Crippen LogP contribution in [0.25, 0.3) is 0 Å². The van der Waals surface area contributed by atoms with E-state index in [0.717, 1.165) is 23.4 Å². The van der Waals surface area contributed by atoms with E-state index in [9.17, 15) is 18.3 Å². The summed E-state index contributed by atoms with van der Waals surface area (Å²) in [5.74, 6) is 0.370. The molecule has 0 amide bonds. The molecule has 2 aromatic carbocycles. The summed E-state index contributed by atoms with van der Waals surface area (Å²) in [6.45, 7) is 1.84. The Hall–Kier alpha value is -2.01. The van der Waals surface area contributed by atoms with Crippen molar-refractivity contribution in [3.63, 3.8) is 0 Å². The van der Waals surface area contributed by atoms with E-state index >= 15 is 0 Å². The molecule has 0 spiro atoms. The highest BCUT2D eigenvalue weighted by Gasteiger charge is 2.30. The van der Waals surface area contributed by atoms with Crippen LogP contribution in [0.15, 0.2) is 53.5 Å². The fraction of sp³-hybridized carbons (Fsp3) is 0.278. The zero-order valence-corrected chi connectivity index (χ0v) is 16.9. The summed E-state index contributed by atoms with van der Waals surface area (Å²) < 4.78 is 42.7. The van der Waals surface area contributed by atoms with Crippen molar-refractivity contribution >= 4 is 35.6 Å². The summed E-state index contributed by atoms with van der Waals surface area (Å²) in [5, 5.41) is 12.7. The molecule has 27 heavy (non-hydrogen) atoms. The van der Waals surface area contributed by atoms with Gasteiger partial charge >= 0.3 is 6.18 Å². The second-order valence-corrected chi connectivity index (χ2v) is 5.70. The lowest BCUT2D eigenvalue weighted by Crippen LogP contribution is -2.27. The zero-order valence-electron chi connectivity index (χ0n) is 14.5. The van der Waals surface area contributed by atoms with Crippen LogP contribution in [-0.2, 0) is 6.18 Å². The maximum absolute atomic E-state index is 12.5. The SMILES string of the molecule is Cc1ccc(NC(N)=NCC(O)COc2ccc(C(F)(F)F)cc2)cc1.I. The minimum absolute atomic E-state index is 0. The standard InChI is InChI=1S/C18H20F3N3O2.HI/c1-12-2-6-14(7-3-12)24-17(22)23-10-15(25)11-26-16-8-4-13(5-9-16)18(19,20)21;/h2-9,15,25H,10-11H2,1H3,(H3,22,23,24);1H. The lowest BCUT2D eigenvalue weighted by Gasteiger charge is -2.12. The van der Waals surface area contributed by atoms with E-state index in [1.807, 2.05) is 31.2 Å². The Labute approximate surface area is 172 Å². The topological polar surface area (TPSA) is 79.9 Å². The molecule has 0 bridgehead atoms. The van der Waals surface area contributed by atoms with Gasteiger partial charge in [0.2, 0.25) is 0 Å². The Morgan fingerprint density at radius 2 is 1.74 bits per heavy atom. The van der Waals surface area contributed by atoms with Crippen molar-refractivity contribution in [3.8, 4) is 5.75 Å². The molecule has 0 aromatic heterocycles.